The van der Waals surface area contributed by atoms with Crippen molar-refractivity contribution in [2.24, 2.45) is 0 Å². The fraction of sp³-hybridized carbons (Fsp3) is 0.685. The molecule has 0 bridgehead atoms. The van der Waals surface area contributed by atoms with Gasteiger partial charge in [0.15, 0.2) is 0 Å². The van der Waals surface area contributed by atoms with E-state index in [0.29, 0.717) is 6.42 Å². The van der Waals surface area contributed by atoms with Crippen LogP contribution in [0.15, 0.2) is 97.2 Å². The van der Waals surface area contributed by atoms with Crippen molar-refractivity contribution in [3.8, 4) is 0 Å². The predicted molar refractivity (Wildman–Crippen MR) is 257 cm³/mol. The van der Waals surface area contributed by atoms with Crippen LogP contribution < -0.4 is 5.32 Å². The molecule has 0 aromatic heterocycles. The largest absolute Gasteiger partial charge is 0.394 e. The number of aliphatic hydroxyl groups is 2. The van der Waals surface area contributed by atoms with Crippen LogP contribution in [0.4, 0.5) is 0 Å². The van der Waals surface area contributed by atoms with Crippen molar-refractivity contribution < 1.29 is 15.0 Å². The maximum atomic E-state index is 12.4. The van der Waals surface area contributed by atoms with Crippen molar-refractivity contribution in [1.29, 1.82) is 0 Å². The number of hydrogen-bond donors (Lipinski definition) is 3. The molecule has 4 nitrogen and oxygen atoms in total. The summed E-state index contributed by atoms with van der Waals surface area (Å²) in [7, 11) is 0. The molecule has 0 aliphatic heterocycles. The van der Waals surface area contributed by atoms with Gasteiger partial charge in [0, 0.05) is 6.42 Å². The summed E-state index contributed by atoms with van der Waals surface area (Å²) < 4.78 is 0. The number of rotatable bonds is 43. The fourth-order valence-corrected chi connectivity index (χ4v) is 6.84. The molecule has 0 aromatic carbocycles. The molecule has 1 amide bonds. The van der Waals surface area contributed by atoms with Crippen LogP contribution in [0.5, 0.6) is 0 Å². The molecule has 0 radical (unpaired) electrons. The van der Waals surface area contributed by atoms with Crippen LogP contribution in [0.25, 0.3) is 0 Å². The van der Waals surface area contributed by atoms with Crippen LogP contribution in [0.2, 0.25) is 0 Å². The first-order valence-corrected chi connectivity index (χ1v) is 24.5. The molecule has 0 fully saturated rings. The highest BCUT2D eigenvalue weighted by Crippen LogP contribution is 2.15. The Balaban J connectivity index is 3.69. The zero-order chi connectivity index (χ0) is 42.1. The Kier molecular flexibility index (Phi) is 46.4. The Morgan fingerprint density at radius 1 is 0.431 bits per heavy atom. The molecule has 0 aromatic rings. The average Bonchev–Trinajstić information content (AvgIpc) is 3.23. The minimum absolute atomic E-state index is 0.119. The number of carbonyl (C=O) groups excluding carboxylic acids is 1. The molecule has 4 heteroatoms. The first kappa shape index (κ1) is 55.3. The Labute approximate surface area is 360 Å². The van der Waals surface area contributed by atoms with Gasteiger partial charge in [-0.15, -0.1) is 0 Å². The minimum Gasteiger partial charge on any atom is -0.394 e. The van der Waals surface area contributed by atoms with E-state index in [1.165, 1.54) is 122 Å². The van der Waals surface area contributed by atoms with Crippen molar-refractivity contribution in [3.05, 3.63) is 97.2 Å². The van der Waals surface area contributed by atoms with Crippen LogP contribution in [-0.4, -0.2) is 34.9 Å². The van der Waals surface area contributed by atoms with Crippen molar-refractivity contribution in [2.45, 2.75) is 231 Å². The van der Waals surface area contributed by atoms with E-state index in [1.807, 2.05) is 6.08 Å². The van der Waals surface area contributed by atoms with E-state index in [-0.39, 0.29) is 12.5 Å². The molecule has 0 aliphatic carbocycles. The molecular weight excluding hydrogens is 711 g/mol. The molecule has 332 valence electrons. The predicted octanol–water partition coefficient (Wildman–Crippen LogP) is 15.8. The van der Waals surface area contributed by atoms with Gasteiger partial charge in [-0.1, -0.05) is 227 Å². The Hall–Kier alpha value is -2.69. The van der Waals surface area contributed by atoms with E-state index in [4.69, 9.17) is 0 Å². The molecule has 58 heavy (non-hydrogen) atoms. The summed E-state index contributed by atoms with van der Waals surface area (Å²) in [5.41, 5.74) is 0. The number of hydrogen-bond acceptors (Lipinski definition) is 3. The van der Waals surface area contributed by atoms with E-state index in [1.54, 1.807) is 6.08 Å². The summed E-state index contributed by atoms with van der Waals surface area (Å²) in [5.74, 6) is -0.119. The average molecular weight is 804 g/mol. The van der Waals surface area contributed by atoms with Crippen LogP contribution in [0, 0.1) is 0 Å². The Morgan fingerprint density at radius 2 is 0.776 bits per heavy atom. The fourth-order valence-electron chi connectivity index (χ4n) is 6.84. The molecule has 2 atom stereocenters. The number of nitrogens with one attached hydrogen (secondary N) is 1. The van der Waals surface area contributed by atoms with E-state index >= 15 is 0 Å². The van der Waals surface area contributed by atoms with Gasteiger partial charge in [-0.25, -0.2) is 0 Å². The summed E-state index contributed by atoms with van der Waals surface area (Å²) in [6.07, 6.45) is 72.5. The normalized spacial score (nSPS) is 13.8. The first-order valence-electron chi connectivity index (χ1n) is 24.5. The molecule has 0 saturated heterocycles. The summed E-state index contributed by atoms with van der Waals surface area (Å²) in [6.45, 7) is 4.17. The lowest BCUT2D eigenvalue weighted by Crippen LogP contribution is -2.45. The minimum atomic E-state index is -0.888. The van der Waals surface area contributed by atoms with E-state index < -0.39 is 12.1 Å². The number of amides is 1. The highest BCUT2D eigenvalue weighted by atomic mass is 16.3. The molecule has 0 rings (SSSR count). The number of allylic oxidation sites excluding steroid dienone is 15. The molecular formula is C54H93NO3. The lowest BCUT2D eigenvalue weighted by Gasteiger charge is -2.19. The van der Waals surface area contributed by atoms with Crippen molar-refractivity contribution >= 4 is 5.91 Å². The molecule has 0 heterocycles. The van der Waals surface area contributed by atoms with Crippen LogP contribution in [0.3, 0.4) is 0 Å². The third kappa shape index (κ3) is 44.4. The maximum absolute atomic E-state index is 12.4. The number of unbranched alkanes of at least 4 members (excludes halogenated alkanes) is 22. The molecule has 0 spiro atoms. The lowest BCUT2D eigenvalue weighted by atomic mass is 10.0. The number of carbonyl (C=O) groups is 1. The Bertz CT molecular complexity index is 1090. The standard InChI is InChI=1S/C54H93NO3/c1-3-5-7-9-11-13-15-17-19-21-23-25-26-27-28-30-31-33-35-37-39-41-43-45-47-49-53(57)52(51-56)55-54(58)50-48-46-44-42-40-38-36-34-32-29-24-22-20-18-16-14-12-10-8-6-4-2/h6,8,12,14,18,20,24,29,34,36,39-42,47,49,52-53,56-57H,3-5,7,9-11,13,15-17,19,21-23,25-28,30-33,35,37-38,43-46,48,50-51H2,1-2H3,(H,55,58)/b8-6-,14-12-,20-18-,29-24-,36-34-,41-39+,42-40-,49-47+. The van der Waals surface area contributed by atoms with Crippen molar-refractivity contribution in [2.75, 3.05) is 6.61 Å². The van der Waals surface area contributed by atoms with Crippen molar-refractivity contribution in [3.63, 3.8) is 0 Å². The molecule has 3 N–H and O–H groups in total. The van der Waals surface area contributed by atoms with Gasteiger partial charge in [0.1, 0.15) is 0 Å². The van der Waals surface area contributed by atoms with Gasteiger partial charge in [-0.2, -0.15) is 0 Å². The number of aliphatic hydroxyl groups excluding tert-OH is 2. The highest BCUT2D eigenvalue weighted by molar-refractivity contribution is 5.76. The first-order chi connectivity index (χ1) is 28.7. The SMILES string of the molecule is CC/C=C\C/C=C\C/C=C\C/C=C\C/C=C\C/C=C\CCCCC(=O)NC(CO)C(O)/C=C/CC/C=C/CCCCCCCCCCCCCCCCCCCCC. The lowest BCUT2D eigenvalue weighted by molar-refractivity contribution is -0.123. The zero-order valence-corrected chi connectivity index (χ0v) is 38.0. The zero-order valence-electron chi connectivity index (χ0n) is 38.0. The quantitative estimate of drug-likeness (QED) is 0.0425. The Morgan fingerprint density at radius 3 is 1.21 bits per heavy atom. The summed E-state index contributed by atoms with van der Waals surface area (Å²) in [5, 5.41) is 23.0. The van der Waals surface area contributed by atoms with Crippen LogP contribution >= 0.6 is 0 Å². The topological polar surface area (TPSA) is 69.6 Å². The monoisotopic (exact) mass is 804 g/mol. The smallest absolute Gasteiger partial charge is 0.220 e. The van der Waals surface area contributed by atoms with Crippen molar-refractivity contribution in [1.82, 2.24) is 5.32 Å². The third-order valence-corrected chi connectivity index (χ3v) is 10.6. The highest BCUT2D eigenvalue weighted by Gasteiger charge is 2.17. The van der Waals surface area contributed by atoms with Gasteiger partial charge >= 0.3 is 0 Å². The van der Waals surface area contributed by atoms with Gasteiger partial charge in [-0.05, 0) is 83.5 Å². The van der Waals surface area contributed by atoms with Crippen LogP contribution in [-0.2, 0) is 4.79 Å². The summed E-state index contributed by atoms with van der Waals surface area (Å²) >= 11 is 0. The maximum Gasteiger partial charge on any atom is 0.220 e. The van der Waals surface area contributed by atoms with Crippen LogP contribution in [0.1, 0.15) is 219 Å². The van der Waals surface area contributed by atoms with Gasteiger partial charge < -0.3 is 15.5 Å². The van der Waals surface area contributed by atoms with E-state index in [2.05, 4.69) is 104 Å². The molecule has 0 saturated carbocycles. The van der Waals surface area contributed by atoms with Gasteiger partial charge in [-0.3, -0.25) is 4.79 Å². The summed E-state index contributed by atoms with van der Waals surface area (Å²) in [4.78, 5) is 12.4. The van der Waals surface area contributed by atoms with E-state index in [9.17, 15) is 15.0 Å². The van der Waals surface area contributed by atoms with E-state index in [0.717, 1.165) is 77.0 Å². The third-order valence-electron chi connectivity index (χ3n) is 10.6. The second kappa shape index (κ2) is 48.7. The van der Waals surface area contributed by atoms with Gasteiger partial charge in [0.25, 0.3) is 0 Å². The second-order valence-electron chi connectivity index (χ2n) is 16.1. The molecule has 0 aliphatic rings. The van der Waals surface area contributed by atoms with Gasteiger partial charge in [0.05, 0.1) is 18.8 Å². The van der Waals surface area contributed by atoms with Gasteiger partial charge in [0.2, 0.25) is 5.91 Å². The molecule has 2 unspecified atom stereocenters. The second-order valence-corrected chi connectivity index (χ2v) is 16.1. The summed E-state index contributed by atoms with van der Waals surface area (Å²) in [6, 6.07) is -0.669.